The molecule has 8 heteroatoms. The van der Waals surface area contributed by atoms with E-state index in [0.29, 0.717) is 28.2 Å². The largest absolute Gasteiger partial charge is 0.316 e. The van der Waals surface area contributed by atoms with Gasteiger partial charge in [-0.2, -0.15) is 5.26 Å². The normalized spacial score (nSPS) is 15.2. The first-order valence-electron chi connectivity index (χ1n) is 10.2. The van der Waals surface area contributed by atoms with Gasteiger partial charge >= 0.3 is 0 Å². The van der Waals surface area contributed by atoms with Crippen LogP contribution in [0.4, 0.5) is 5.00 Å². The van der Waals surface area contributed by atoms with Crippen molar-refractivity contribution in [1.29, 1.82) is 5.26 Å². The molecule has 0 spiro atoms. The van der Waals surface area contributed by atoms with E-state index >= 15 is 0 Å². The second-order valence-electron chi connectivity index (χ2n) is 7.58. The highest BCUT2D eigenvalue weighted by molar-refractivity contribution is 7.99. The molecule has 2 aromatic heterocycles. The molecule has 6 nitrogen and oxygen atoms in total. The fourth-order valence-electron chi connectivity index (χ4n) is 3.74. The number of amides is 1. The summed E-state index contributed by atoms with van der Waals surface area (Å²) in [5.41, 5.74) is 2.71. The van der Waals surface area contributed by atoms with Gasteiger partial charge in [0.1, 0.15) is 11.1 Å². The number of fused-ring (bicyclic) bond motifs is 1. The van der Waals surface area contributed by atoms with Crippen LogP contribution in [0.2, 0.25) is 0 Å². The lowest BCUT2D eigenvalue weighted by Gasteiger charge is -2.17. The summed E-state index contributed by atoms with van der Waals surface area (Å²) in [6, 6.07) is 12.1. The minimum absolute atomic E-state index is 0.150. The van der Waals surface area contributed by atoms with Gasteiger partial charge in [-0.3, -0.25) is 9.36 Å². The maximum Gasteiger partial charge on any atom is 0.235 e. The Morgan fingerprint density at radius 2 is 2.23 bits per heavy atom. The molecule has 4 rings (SSSR count). The molecule has 1 N–H and O–H groups in total. The van der Waals surface area contributed by atoms with Crippen molar-refractivity contribution in [3.8, 4) is 17.5 Å². The van der Waals surface area contributed by atoms with Gasteiger partial charge in [0.15, 0.2) is 11.0 Å². The number of anilines is 1. The first-order chi connectivity index (χ1) is 15.1. The molecule has 2 heterocycles. The SMILES string of the molecule is C=CCn1c(SCC(=O)Nc2sc3c(c2C#N)CC[C@@H](C)C3)nnc1-c1ccccc1. The van der Waals surface area contributed by atoms with Crippen LogP contribution < -0.4 is 5.32 Å². The molecule has 1 amide bonds. The number of rotatable bonds is 7. The number of thiophene rings is 1. The van der Waals surface area contributed by atoms with E-state index in [1.807, 2.05) is 34.9 Å². The summed E-state index contributed by atoms with van der Waals surface area (Å²) in [6.07, 6.45) is 4.76. The molecule has 0 aliphatic heterocycles. The van der Waals surface area contributed by atoms with Crippen molar-refractivity contribution in [2.24, 2.45) is 5.92 Å². The lowest BCUT2D eigenvalue weighted by Crippen LogP contribution is -2.15. The monoisotopic (exact) mass is 449 g/mol. The number of carbonyl (C=O) groups excluding carboxylic acids is 1. The van der Waals surface area contributed by atoms with Crippen LogP contribution in [-0.2, 0) is 24.2 Å². The third-order valence-corrected chi connectivity index (χ3v) is 7.41. The van der Waals surface area contributed by atoms with Gasteiger partial charge in [0, 0.05) is 17.0 Å². The molecule has 1 aliphatic rings. The lowest BCUT2D eigenvalue weighted by molar-refractivity contribution is -0.113. The van der Waals surface area contributed by atoms with E-state index in [-0.39, 0.29) is 11.7 Å². The van der Waals surface area contributed by atoms with Crippen LogP contribution >= 0.6 is 23.1 Å². The van der Waals surface area contributed by atoms with Crippen molar-refractivity contribution >= 4 is 34.0 Å². The molecule has 0 fully saturated rings. The molecule has 3 aromatic rings. The number of benzene rings is 1. The standard InChI is InChI=1S/C23H23N5OS2/c1-3-11-28-21(16-7-5-4-6-8-16)26-27-23(28)30-14-20(29)25-22-18(13-24)17-10-9-15(2)12-19(17)31-22/h3-8,15H,1,9-12,14H2,2H3,(H,25,29)/t15-/m1/s1. The van der Waals surface area contributed by atoms with E-state index in [2.05, 4.69) is 35.1 Å². The predicted octanol–water partition coefficient (Wildman–Crippen LogP) is 4.92. The summed E-state index contributed by atoms with van der Waals surface area (Å²) in [7, 11) is 0. The highest BCUT2D eigenvalue weighted by atomic mass is 32.2. The Balaban J connectivity index is 1.47. The molecule has 0 bridgehead atoms. The molecule has 0 saturated heterocycles. The van der Waals surface area contributed by atoms with E-state index in [1.54, 1.807) is 17.4 Å². The molecular weight excluding hydrogens is 426 g/mol. The van der Waals surface area contributed by atoms with Crippen LogP contribution in [0.25, 0.3) is 11.4 Å². The first-order valence-corrected chi connectivity index (χ1v) is 12.0. The Hall–Kier alpha value is -2.89. The molecule has 1 aliphatic carbocycles. The predicted molar refractivity (Wildman–Crippen MR) is 125 cm³/mol. The van der Waals surface area contributed by atoms with E-state index in [4.69, 9.17) is 0 Å². The molecule has 0 saturated carbocycles. The lowest BCUT2D eigenvalue weighted by atomic mass is 9.89. The fraction of sp³-hybridized carbons (Fsp3) is 0.304. The number of thioether (sulfide) groups is 1. The number of nitrogens with one attached hydrogen (secondary N) is 1. The molecule has 1 atom stereocenters. The van der Waals surface area contributed by atoms with Crippen LogP contribution in [0.3, 0.4) is 0 Å². The number of hydrogen-bond acceptors (Lipinski definition) is 6. The number of nitriles is 1. The Morgan fingerprint density at radius 3 is 2.97 bits per heavy atom. The van der Waals surface area contributed by atoms with Crippen LogP contribution in [0.15, 0.2) is 48.1 Å². The van der Waals surface area contributed by atoms with Gasteiger partial charge in [-0.05, 0) is 30.7 Å². The van der Waals surface area contributed by atoms with E-state index in [1.165, 1.54) is 16.6 Å². The van der Waals surface area contributed by atoms with Gasteiger partial charge in [-0.1, -0.05) is 55.1 Å². The number of nitrogens with zero attached hydrogens (tertiary/aromatic N) is 4. The van der Waals surface area contributed by atoms with Gasteiger partial charge in [0.25, 0.3) is 0 Å². The Labute approximate surface area is 190 Å². The summed E-state index contributed by atoms with van der Waals surface area (Å²) in [4.78, 5) is 13.9. The summed E-state index contributed by atoms with van der Waals surface area (Å²) in [5, 5.41) is 22.5. The van der Waals surface area contributed by atoms with Crippen molar-refractivity contribution in [1.82, 2.24) is 14.8 Å². The van der Waals surface area contributed by atoms with E-state index < -0.39 is 0 Å². The van der Waals surface area contributed by atoms with Crippen molar-refractivity contribution in [3.05, 3.63) is 59.0 Å². The maximum absolute atomic E-state index is 12.7. The van der Waals surface area contributed by atoms with Gasteiger partial charge in [0.2, 0.25) is 5.91 Å². The second-order valence-corrected chi connectivity index (χ2v) is 9.62. The van der Waals surface area contributed by atoms with Gasteiger partial charge < -0.3 is 5.32 Å². The Kier molecular flexibility index (Phi) is 6.54. The van der Waals surface area contributed by atoms with Gasteiger partial charge in [-0.15, -0.1) is 28.1 Å². The van der Waals surface area contributed by atoms with Crippen molar-refractivity contribution < 1.29 is 4.79 Å². The minimum Gasteiger partial charge on any atom is -0.316 e. The summed E-state index contributed by atoms with van der Waals surface area (Å²) >= 11 is 2.87. The summed E-state index contributed by atoms with van der Waals surface area (Å²) in [5.74, 6) is 1.40. The third-order valence-electron chi connectivity index (χ3n) is 5.27. The van der Waals surface area contributed by atoms with Crippen molar-refractivity contribution in [3.63, 3.8) is 0 Å². The Morgan fingerprint density at radius 1 is 1.42 bits per heavy atom. The molecule has 31 heavy (non-hydrogen) atoms. The highest BCUT2D eigenvalue weighted by Crippen LogP contribution is 2.39. The number of aromatic nitrogens is 3. The average molecular weight is 450 g/mol. The second kappa shape index (κ2) is 9.50. The first kappa shape index (κ1) is 21.3. The topological polar surface area (TPSA) is 83.6 Å². The number of hydrogen-bond donors (Lipinski definition) is 1. The van der Waals surface area contributed by atoms with Crippen LogP contribution in [0.5, 0.6) is 0 Å². The zero-order valence-electron chi connectivity index (χ0n) is 17.3. The third kappa shape index (κ3) is 4.58. The number of allylic oxidation sites excluding steroid dienone is 1. The zero-order valence-corrected chi connectivity index (χ0v) is 18.9. The van der Waals surface area contributed by atoms with Gasteiger partial charge in [-0.25, -0.2) is 0 Å². The van der Waals surface area contributed by atoms with Crippen molar-refractivity contribution in [2.45, 2.75) is 37.9 Å². The van der Waals surface area contributed by atoms with Crippen LogP contribution in [0.1, 0.15) is 29.3 Å². The summed E-state index contributed by atoms with van der Waals surface area (Å²) < 4.78 is 1.95. The minimum atomic E-state index is -0.150. The highest BCUT2D eigenvalue weighted by Gasteiger charge is 2.25. The van der Waals surface area contributed by atoms with Crippen molar-refractivity contribution in [2.75, 3.05) is 11.1 Å². The molecule has 0 unspecified atom stereocenters. The van der Waals surface area contributed by atoms with Gasteiger partial charge in [0.05, 0.1) is 11.3 Å². The molecule has 0 radical (unpaired) electrons. The number of carbonyl (C=O) groups is 1. The average Bonchev–Trinajstić information content (AvgIpc) is 3.33. The smallest absolute Gasteiger partial charge is 0.235 e. The molecule has 1 aromatic carbocycles. The Bertz CT molecular complexity index is 1140. The van der Waals surface area contributed by atoms with Crippen LogP contribution in [0, 0.1) is 17.2 Å². The zero-order chi connectivity index (χ0) is 21.8. The maximum atomic E-state index is 12.7. The van der Waals surface area contributed by atoms with Crippen LogP contribution in [-0.4, -0.2) is 26.4 Å². The fourth-order valence-corrected chi connectivity index (χ4v) is 5.86. The van der Waals surface area contributed by atoms with E-state index in [0.717, 1.165) is 36.2 Å². The molecule has 158 valence electrons. The molecular formula is C23H23N5OS2. The quantitative estimate of drug-likeness (QED) is 0.409. The van der Waals surface area contributed by atoms with E-state index in [9.17, 15) is 10.1 Å². The summed E-state index contributed by atoms with van der Waals surface area (Å²) in [6.45, 7) is 6.60.